The zero-order valence-electron chi connectivity index (χ0n) is 9.57. The van der Waals surface area contributed by atoms with E-state index < -0.39 is 16.5 Å². The largest absolute Gasteiger partial charge is 0.362 e. The third-order valence-electron chi connectivity index (χ3n) is 2.71. The van der Waals surface area contributed by atoms with Crippen molar-refractivity contribution in [2.45, 2.75) is 23.0 Å². The molecule has 1 fully saturated rings. The number of benzene rings is 1. The summed E-state index contributed by atoms with van der Waals surface area (Å²) < 4.78 is 39.0. The lowest BCUT2D eigenvalue weighted by Gasteiger charge is -2.36. The molecule has 2 unspecified atom stereocenters. The molecule has 100 valence electrons. The first-order valence-electron chi connectivity index (χ1n) is 5.58. The predicted octanol–water partition coefficient (Wildman–Crippen LogP) is 2.24. The number of para-hydroxylation sites is 1. The zero-order chi connectivity index (χ0) is 13.2. The molecule has 2 atom stereocenters. The molecule has 5 nitrogen and oxygen atoms in total. The molecule has 18 heavy (non-hydrogen) atoms. The summed E-state index contributed by atoms with van der Waals surface area (Å²) >= 11 is 2.16. The normalized spacial score (nSPS) is 24.8. The van der Waals surface area contributed by atoms with Gasteiger partial charge in [-0.1, -0.05) is 40.8 Å². The van der Waals surface area contributed by atoms with Crippen molar-refractivity contribution in [3.63, 3.8) is 0 Å². The van der Waals surface area contributed by atoms with Crippen molar-refractivity contribution in [2.75, 3.05) is 10.9 Å². The molecule has 0 saturated carbocycles. The van der Waals surface area contributed by atoms with Gasteiger partial charge in [-0.3, -0.25) is 4.55 Å². The van der Waals surface area contributed by atoms with Gasteiger partial charge in [0, 0.05) is 6.61 Å². The summed E-state index contributed by atoms with van der Waals surface area (Å²) in [6.07, 6.45) is 1.11. The van der Waals surface area contributed by atoms with Gasteiger partial charge in [0.1, 0.15) is 0 Å². The smallest absolute Gasteiger partial charge is 0.356 e. The predicted molar refractivity (Wildman–Crippen MR) is 77.3 cm³/mol. The fraction of sp³-hybridized carbons (Fsp3) is 0.455. The number of halogens is 1. The molecule has 1 aromatic carbocycles. The molecule has 1 aromatic rings. The molecule has 0 radical (unpaired) electrons. The van der Waals surface area contributed by atoms with Crippen LogP contribution in [-0.2, 0) is 15.0 Å². The monoisotopic (exact) mass is 383 g/mol. The molecule has 2 rings (SSSR count). The maximum absolute atomic E-state index is 11.6. The Balaban J connectivity index is 2.37. The first-order valence-corrected chi connectivity index (χ1v) is 8.22. The molecule has 0 amide bonds. The van der Waals surface area contributed by atoms with Gasteiger partial charge in [-0.2, -0.15) is 8.42 Å². The van der Waals surface area contributed by atoms with Crippen molar-refractivity contribution >= 4 is 38.6 Å². The number of rotatable bonds is 3. The highest BCUT2D eigenvalue weighted by atomic mass is 127. The minimum absolute atomic E-state index is 0.0125. The van der Waals surface area contributed by atoms with Crippen LogP contribution in [0.5, 0.6) is 0 Å². The summed E-state index contributed by atoms with van der Waals surface area (Å²) in [6, 6.07) is 8.50. The number of ether oxygens (including phenoxy) is 1. The molecule has 1 aliphatic heterocycles. The number of nitrogens with zero attached hydrogens (tertiary/aromatic N) is 1. The lowest BCUT2D eigenvalue weighted by atomic mass is 10.2. The van der Waals surface area contributed by atoms with Crippen molar-refractivity contribution in [3.05, 3.63) is 30.3 Å². The quantitative estimate of drug-likeness (QED) is 0.494. The highest BCUT2D eigenvalue weighted by molar-refractivity contribution is 14.1. The summed E-state index contributed by atoms with van der Waals surface area (Å²) in [7, 11) is -4.35. The van der Waals surface area contributed by atoms with Gasteiger partial charge >= 0.3 is 10.3 Å². The van der Waals surface area contributed by atoms with Gasteiger partial charge in [0.05, 0.1) is 9.61 Å². The fourth-order valence-electron chi connectivity index (χ4n) is 1.93. The molecule has 1 saturated heterocycles. The molecule has 1 heterocycles. The van der Waals surface area contributed by atoms with Gasteiger partial charge in [-0.25, -0.2) is 4.31 Å². The fourth-order valence-corrected chi connectivity index (χ4v) is 3.98. The minimum Gasteiger partial charge on any atom is -0.356 e. The van der Waals surface area contributed by atoms with Crippen LogP contribution in [0.4, 0.5) is 5.69 Å². The minimum atomic E-state index is -4.35. The first kappa shape index (κ1) is 14.0. The Kier molecular flexibility index (Phi) is 4.46. The van der Waals surface area contributed by atoms with E-state index in [2.05, 4.69) is 22.6 Å². The van der Waals surface area contributed by atoms with Crippen molar-refractivity contribution < 1.29 is 17.7 Å². The second-order valence-corrected chi connectivity index (χ2v) is 6.92. The standard InChI is InChI=1S/C11H14INO4S/c12-10-7-4-8-17-11(10)13(18(14,15)16)9-5-2-1-3-6-9/h1-3,5-6,10-11H,4,7-8H2,(H,14,15,16). The average molecular weight is 383 g/mol. The number of alkyl halides is 1. The molecule has 0 aliphatic carbocycles. The Labute approximate surface area is 120 Å². The van der Waals surface area contributed by atoms with Gasteiger partial charge in [0.2, 0.25) is 0 Å². The van der Waals surface area contributed by atoms with Crippen LogP contribution in [0.15, 0.2) is 30.3 Å². The maximum atomic E-state index is 11.6. The van der Waals surface area contributed by atoms with E-state index in [4.69, 9.17) is 4.74 Å². The van der Waals surface area contributed by atoms with Gasteiger partial charge in [-0.15, -0.1) is 0 Å². The lowest BCUT2D eigenvalue weighted by molar-refractivity contribution is 0.0319. The Bertz CT molecular complexity index is 493. The van der Waals surface area contributed by atoms with Crippen LogP contribution >= 0.6 is 22.6 Å². The van der Waals surface area contributed by atoms with Gasteiger partial charge < -0.3 is 4.74 Å². The molecule has 1 N–H and O–H groups in total. The maximum Gasteiger partial charge on any atom is 0.362 e. The Morgan fingerprint density at radius 2 is 2.00 bits per heavy atom. The van der Waals surface area contributed by atoms with Gasteiger partial charge in [0.25, 0.3) is 0 Å². The Morgan fingerprint density at radius 3 is 2.56 bits per heavy atom. The summed E-state index contributed by atoms with van der Waals surface area (Å²) in [5.41, 5.74) is 0.411. The molecule has 7 heteroatoms. The van der Waals surface area contributed by atoms with Gasteiger partial charge in [-0.05, 0) is 25.0 Å². The molecule has 0 aromatic heterocycles. The van der Waals surface area contributed by atoms with E-state index in [0.717, 1.165) is 17.1 Å². The molecular weight excluding hydrogens is 369 g/mol. The summed E-state index contributed by atoms with van der Waals surface area (Å²) in [5.74, 6) is 0. The van der Waals surface area contributed by atoms with Crippen LogP contribution in [0.25, 0.3) is 0 Å². The van der Waals surface area contributed by atoms with Crippen molar-refractivity contribution in [1.29, 1.82) is 0 Å². The number of hydrogen-bond donors (Lipinski definition) is 1. The molecular formula is C11H14INO4S. The van der Waals surface area contributed by atoms with E-state index >= 15 is 0 Å². The van der Waals surface area contributed by atoms with E-state index in [1.165, 1.54) is 0 Å². The van der Waals surface area contributed by atoms with Crippen LogP contribution in [-0.4, -0.2) is 29.7 Å². The lowest BCUT2D eigenvalue weighted by Crippen LogP contribution is -2.48. The second kappa shape index (κ2) is 5.72. The van der Waals surface area contributed by atoms with Crippen molar-refractivity contribution in [2.24, 2.45) is 0 Å². The summed E-state index contributed by atoms with van der Waals surface area (Å²) in [6.45, 7) is 0.503. The van der Waals surface area contributed by atoms with Crippen molar-refractivity contribution in [1.82, 2.24) is 0 Å². The third kappa shape index (κ3) is 3.14. The molecule has 1 aliphatic rings. The average Bonchev–Trinajstić information content (AvgIpc) is 2.32. The number of anilines is 1. The Hall–Kier alpha value is -0.380. The molecule has 0 bridgehead atoms. The van der Waals surface area contributed by atoms with E-state index in [9.17, 15) is 13.0 Å². The SMILES string of the molecule is O=S(=O)(O)N(c1ccccc1)C1OCCCC1I. The van der Waals surface area contributed by atoms with E-state index in [0.29, 0.717) is 12.3 Å². The van der Waals surface area contributed by atoms with Crippen LogP contribution in [0, 0.1) is 0 Å². The van der Waals surface area contributed by atoms with Crippen LogP contribution in [0.1, 0.15) is 12.8 Å². The zero-order valence-corrected chi connectivity index (χ0v) is 12.5. The van der Waals surface area contributed by atoms with Gasteiger partial charge in [0.15, 0.2) is 6.23 Å². The Morgan fingerprint density at radius 1 is 1.33 bits per heavy atom. The van der Waals surface area contributed by atoms with Crippen LogP contribution < -0.4 is 4.31 Å². The highest BCUT2D eigenvalue weighted by Gasteiger charge is 2.36. The summed E-state index contributed by atoms with van der Waals surface area (Å²) in [5, 5.41) is 0. The van der Waals surface area contributed by atoms with E-state index in [1.54, 1.807) is 30.3 Å². The topological polar surface area (TPSA) is 66.8 Å². The van der Waals surface area contributed by atoms with Crippen LogP contribution in [0.2, 0.25) is 0 Å². The highest BCUT2D eigenvalue weighted by Crippen LogP contribution is 2.30. The summed E-state index contributed by atoms with van der Waals surface area (Å²) in [4.78, 5) is 0. The third-order valence-corrected chi connectivity index (χ3v) is 4.87. The molecule has 0 spiro atoms. The second-order valence-electron chi connectivity index (χ2n) is 4.03. The van der Waals surface area contributed by atoms with E-state index in [-0.39, 0.29) is 3.92 Å². The van der Waals surface area contributed by atoms with Crippen molar-refractivity contribution in [3.8, 4) is 0 Å². The first-order chi connectivity index (χ1) is 8.50. The van der Waals surface area contributed by atoms with Crippen LogP contribution in [0.3, 0.4) is 0 Å². The number of hydrogen-bond acceptors (Lipinski definition) is 3. The van der Waals surface area contributed by atoms with E-state index in [1.807, 2.05) is 0 Å².